The third-order valence-corrected chi connectivity index (χ3v) is 4.21. The quantitative estimate of drug-likeness (QED) is 0.872. The molecular formula is C13H19ClN4. The van der Waals surface area contributed by atoms with Crippen LogP contribution in [0.15, 0.2) is 18.5 Å². The average Bonchev–Trinajstić information content (AvgIpc) is 2.90. The lowest BCUT2D eigenvalue weighted by atomic mass is 10.2. The highest BCUT2D eigenvalue weighted by Crippen LogP contribution is 2.28. The van der Waals surface area contributed by atoms with Gasteiger partial charge in [-0.05, 0) is 12.5 Å². The van der Waals surface area contributed by atoms with Crippen molar-refractivity contribution in [3.63, 3.8) is 0 Å². The van der Waals surface area contributed by atoms with E-state index >= 15 is 0 Å². The van der Waals surface area contributed by atoms with Gasteiger partial charge in [-0.2, -0.15) is 0 Å². The van der Waals surface area contributed by atoms with Gasteiger partial charge in [0.1, 0.15) is 0 Å². The third kappa shape index (κ3) is 2.46. The number of piperazine rings is 1. The lowest BCUT2D eigenvalue weighted by Gasteiger charge is -2.32. The van der Waals surface area contributed by atoms with Gasteiger partial charge in [0.2, 0.25) is 0 Å². The predicted molar refractivity (Wildman–Crippen MR) is 74.3 cm³/mol. The Bertz CT molecular complexity index is 406. The second-order valence-electron chi connectivity index (χ2n) is 5.00. The van der Waals surface area contributed by atoms with Crippen molar-refractivity contribution >= 4 is 17.3 Å². The first kappa shape index (κ1) is 12.2. The van der Waals surface area contributed by atoms with Crippen LogP contribution < -0.4 is 10.2 Å². The van der Waals surface area contributed by atoms with E-state index in [0.717, 1.165) is 36.9 Å². The maximum atomic E-state index is 6.21. The fourth-order valence-corrected chi connectivity index (χ4v) is 3.17. The standard InChI is InChI=1S/C13H19ClN4/c14-12-9-16-3-1-13(12)18-6-2-11(10-18)17-7-4-15-5-8-17/h1,3,9,11,15H,2,4-8,10H2. The van der Waals surface area contributed by atoms with Crippen LogP contribution in [-0.2, 0) is 0 Å². The number of hydrogen-bond acceptors (Lipinski definition) is 4. The molecule has 1 unspecified atom stereocenters. The second kappa shape index (κ2) is 5.43. The Morgan fingerprint density at radius 3 is 2.89 bits per heavy atom. The van der Waals surface area contributed by atoms with Crippen LogP contribution in [0.25, 0.3) is 0 Å². The summed E-state index contributed by atoms with van der Waals surface area (Å²) in [6.45, 7) is 6.76. The van der Waals surface area contributed by atoms with E-state index in [2.05, 4.69) is 20.1 Å². The van der Waals surface area contributed by atoms with Crippen LogP contribution >= 0.6 is 11.6 Å². The molecule has 2 aliphatic rings. The monoisotopic (exact) mass is 266 g/mol. The summed E-state index contributed by atoms with van der Waals surface area (Å²) in [6, 6.07) is 2.69. The van der Waals surface area contributed by atoms with E-state index in [1.54, 1.807) is 6.20 Å². The first-order chi connectivity index (χ1) is 8.84. The highest BCUT2D eigenvalue weighted by atomic mass is 35.5. The van der Waals surface area contributed by atoms with Crippen molar-refractivity contribution in [2.24, 2.45) is 0 Å². The van der Waals surface area contributed by atoms with E-state index in [1.165, 1.54) is 19.5 Å². The first-order valence-corrected chi connectivity index (χ1v) is 7.01. The third-order valence-electron chi connectivity index (χ3n) is 3.92. The van der Waals surface area contributed by atoms with E-state index in [0.29, 0.717) is 6.04 Å². The predicted octanol–water partition coefficient (Wildman–Crippen LogP) is 1.22. The van der Waals surface area contributed by atoms with E-state index in [4.69, 9.17) is 11.6 Å². The minimum absolute atomic E-state index is 0.677. The molecule has 0 radical (unpaired) electrons. The van der Waals surface area contributed by atoms with Gasteiger partial charge in [0.15, 0.2) is 0 Å². The van der Waals surface area contributed by atoms with Gasteiger partial charge in [-0.25, -0.2) is 0 Å². The van der Waals surface area contributed by atoms with E-state index < -0.39 is 0 Å². The number of nitrogens with zero attached hydrogens (tertiary/aromatic N) is 3. The SMILES string of the molecule is Clc1cnccc1N1CCC(N2CCNCC2)C1. The molecule has 1 aromatic rings. The van der Waals surface area contributed by atoms with Gasteiger partial charge in [-0.3, -0.25) is 9.88 Å². The number of halogens is 1. The average molecular weight is 267 g/mol. The van der Waals surface area contributed by atoms with E-state index in [1.807, 2.05) is 12.3 Å². The van der Waals surface area contributed by atoms with E-state index in [9.17, 15) is 0 Å². The zero-order chi connectivity index (χ0) is 12.4. The number of rotatable bonds is 2. The molecule has 0 aromatic carbocycles. The molecule has 1 aromatic heterocycles. The minimum Gasteiger partial charge on any atom is -0.369 e. The summed E-state index contributed by atoms with van der Waals surface area (Å²) in [7, 11) is 0. The molecular weight excluding hydrogens is 248 g/mol. The summed E-state index contributed by atoms with van der Waals surface area (Å²) in [5.41, 5.74) is 1.13. The molecule has 0 saturated carbocycles. The fourth-order valence-electron chi connectivity index (χ4n) is 2.93. The van der Waals surface area contributed by atoms with Crippen LogP contribution in [0.2, 0.25) is 5.02 Å². The van der Waals surface area contributed by atoms with Gasteiger partial charge in [-0.15, -0.1) is 0 Å². The summed E-state index contributed by atoms with van der Waals surface area (Å²) in [5, 5.41) is 4.17. The van der Waals surface area contributed by atoms with Gasteiger partial charge in [0.25, 0.3) is 0 Å². The summed E-state index contributed by atoms with van der Waals surface area (Å²) in [4.78, 5) is 9.04. The molecule has 18 heavy (non-hydrogen) atoms. The maximum Gasteiger partial charge on any atom is 0.0822 e. The zero-order valence-electron chi connectivity index (χ0n) is 10.5. The smallest absolute Gasteiger partial charge is 0.0822 e. The molecule has 0 aliphatic carbocycles. The van der Waals surface area contributed by atoms with E-state index in [-0.39, 0.29) is 0 Å². The summed E-state index contributed by atoms with van der Waals surface area (Å²) < 4.78 is 0. The van der Waals surface area contributed by atoms with Crippen molar-refractivity contribution < 1.29 is 0 Å². The minimum atomic E-state index is 0.677. The Kier molecular flexibility index (Phi) is 3.68. The van der Waals surface area contributed by atoms with Crippen LogP contribution in [0, 0.1) is 0 Å². The Balaban J connectivity index is 1.66. The lowest BCUT2D eigenvalue weighted by molar-refractivity contribution is 0.185. The molecule has 98 valence electrons. The van der Waals surface area contributed by atoms with Gasteiger partial charge in [-0.1, -0.05) is 11.6 Å². The molecule has 0 amide bonds. The number of hydrogen-bond donors (Lipinski definition) is 1. The molecule has 1 atom stereocenters. The molecule has 0 spiro atoms. The van der Waals surface area contributed by atoms with Crippen molar-refractivity contribution in [2.75, 3.05) is 44.2 Å². The van der Waals surface area contributed by atoms with Crippen LogP contribution in [0.5, 0.6) is 0 Å². The Morgan fingerprint density at radius 2 is 2.11 bits per heavy atom. The van der Waals surface area contributed by atoms with Gasteiger partial charge in [0.05, 0.1) is 10.7 Å². The van der Waals surface area contributed by atoms with Crippen LogP contribution in [0.1, 0.15) is 6.42 Å². The molecule has 0 bridgehead atoms. The largest absolute Gasteiger partial charge is 0.369 e. The summed E-state index contributed by atoms with van der Waals surface area (Å²) in [5.74, 6) is 0. The molecule has 2 saturated heterocycles. The number of pyridine rings is 1. The van der Waals surface area contributed by atoms with Crippen molar-refractivity contribution in [2.45, 2.75) is 12.5 Å². The lowest BCUT2D eigenvalue weighted by Crippen LogP contribution is -2.49. The Hall–Kier alpha value is -0.840. The number of aromatic nitrogens is 1. The molecule has 3 rings (SSSR count). The highest BCUT2D eigenvalue weighted by Gasteiger charge is 2.29. The van der Waals surface area contributed by atoms with Gasteiger partial charge in [0, 0.05) is 57.7 Å². The van der Waals surface area contributed by atoms with Crippen LogP contribution in [-0.4, -0.2) is 55.2 Å². The molecule has 2 aliphatic heterocycles. The second-order valence-corrected chi connectivity index (χ2v) is 5.41. The van der Waals surface area contributed by atoms with Crippen molar-refractivity contribution in [1.29, 1.82) is 0 Å². The van der Waals surface area contributed by atoms with Crippen molar-refractivity contribution in [3.05, 3.63) is 23.5 Å². The topological polar surface area (TPSA) is 31.4 Å². The number of nitrogens with one attached hydrogen (secondary N) is 1. The van der Waals surface area contributed by atoms with Crippen molar-refractivity contribution in [1.82, 2.24) is 15.2 Å². The number of anilines is 1. The molecule has 5 heteroatoms. The zero-order valence-corrected chi connectivity index (χ0v) is 11.2. The Morgan fingerprint density at radius 1 is 1.28 bits per heavy atom. The van der Waals surface area contributed by atoms with Crippen LogP contribution in [0.4, 0.5) is 5.69 Å². The molecule has 3 heterocycles. The summed E-state index contributed by atoms with van der Waals surface area (Å²) >= 11 is 6.21. The first-order valence-electron chi connectivity index (χ1n) is 6.64. The van der Waals surface area contributed by atoms with Crippen LogP contribution in [0.3, 0.4) is 0 Å². The Labute approximate surface area is 113 Å². The maximum absolute atomic E-state index is 6.21. The van der Waals surface area contributed by atoms with Gasteiger partial charge >= 0.3 is 0 Å². The normalized spacial score (nSPS) is 25.6. The molecule has 2 fully saturated rings. The van der Waals surface area contributed by atoms with Crippen molar-refractivity contribution in [3.8, 4) is 0 Å². The fraction of sp³-hybridized carbons (Fsp3) is 0.615. The molecule has 4 nitrogen and oxygen atoms in total. The summed E-state index contributed by atoms with van der Waals surface area (Å²) in [6.07, 6.45) is 4.78. The molecule has 1 N–H and O–H groups in total. The van der Waals surface area contributed by atoms with Gasteiger partial charge < -0.3 is 10.2 Å². The highest BCUT2D eigenvalue weighted by molar-refractivity contribution is 6.33.